The van der Waals surface area contributed by atoms with Crippen LogP contribution in [0.1, 0.15) is 88.7 Å². The highest BCUT2D eigenvalue weighted by Gasteiger charge is 2.26. The summed E-state index contributed by atoms with van der Waals surface area (Å²) in [7, 11) is 0. The van der Waals surface area contributed by atoms with Gasteiger partial charge in [0.1, 0.15) is 12.1 Å². The van der Waals surface area contributed by atoms with Crippen molar-refractivity contribution in [2.45, 2.75) is 89.7 Å². The van der Waals surface area contributed by atoms with Crippen molar-refractivity contribution >= 4 is 22.8 Å². The number of aliphatic imine (C=N–C) groups is 1. The van der Waals surface area contributed by atoms with Crippen LogP contribution in [0.4, 0.5) is 4.39 Å². The van der Waals surface area contributed by atoms with Gasteiger partial charge in [-0.3, -0.25) is 4.79 Å². The molecule has 1 N–H and O–H groups in total. The quantitative estimate of drug-likeness (QED) is 0.216. The van der Waals surface area contributed by atoms with Gasteiger partial charge < -0.3 is 10.2 Å². The van der Waals surface area contributed by atoms with E-state index in [0.717, 1.165) is 59.8 Å². The molecule has 0 unspecified atom stereocenters. The number of unbranched alkanes of at least 4 members (excludes halogenated alkanes) is 6. The summed E-state index contributed by atoms with van der Waals surface area (Å²) in [5.74, 6) is 0.591. The number of hydrogen-bond acceptors (Lipinski definition) is 6. The van der Waals surface area contributed by atoms with Crippen molar-refractivity contribution in [3.63, 3.8) is 0 Å². The van der Waals surface area contributed by atoms with Crippen molar-refractivity contribution in [1.29, 1.82) is 0 Å². The molecule has 2 aliphatic rings. The van der Waals surface area contributed by atoms with E-state index >= 15 is 0 Å². The van der Waals surface area contributed by atoms with E-state index < -0.39 is 0 Å². The van der Waals surface area contributed by atoms with E-state index in [1.165, 1.54) is 56.2 Å². The van der Waals surface area contributed by atoms with Gasteiger partial charge in [0.05, 0.1) is 5.70 Å². The second kappa shape index (κ2) is 16.3. The minimum atomic E-state index is -0.228. The molecule has 0 bridgehead atoms. The molecule has 1 aromatic carbocycles. The van der Waals surface area contributed by atoms with E-state index in [2.05, 4.69) is 33.3 Å². The molecule has 2 heterocycles. The molecule has 1 fully saturated rings. The topological polar surface area (TPSA) is 70.5 Å². The third-order valence-electron chi connectivity index (χ3n) is 7.10. The molecule has 214 valence electrons. The standard InChI is InChI=1S/C32H42FN5OS/c1-2-3-4-5-6-7-8-17-36-30(39)10-9-18-38-22-28(19-26-20-34-24-35-21-26)31(27-13-14-27)37-32(38)40-23-25-11-15-29(33)16-12-25/h11-12,15-16,20-22,24H,2-10,13-14,17-19,23H2,1H3,(H,36,39). The van der Waals surface area contributed by atoms with E-state index in [4.69, 9.17) is 4.99 Å². The van der Waals surface area contributed by atoms with Gasteiger partial charge in [-0.15, -0.1) is 0 Å². The fourth-order valence-corrected chi connectivity index (χ4v) is 5.68. The van der Waals surface area contributed by atoms with Gasteiger partial charge in [-0.05, 0) is 60.1 Å². The second-order valence-corrected chi connectivity index (χ2v) is 11.6. The van der Waals surface area contributed by atoms with Crippen LogP contribution in [-0.4, -0.2) is 39.0 Å². The summed E-state index contributed by atoms with van der Waals surface area (Å²) in [4.78, 5) is 28.2. The first kappa shape index (κ1) is 30.0. The van der Waals surface area contributed by atoms with Gasteiger partial charge in [0.25, 0.3) is 0 Å². The first-order valence-corrected chi connectivity index (χ1v) is 15.8. The molecular formula is C32H42FN5OS. The van der Waals surface area contributed by atoms with Crippen LogP contribution >= 0.6 is 11.8 Å². The summed E-state index contributed by atoms with van der Waals surface area (Å²) in [6.45, 7) is 3.70. The van der Waals surface area contributed by atoms with Crippen molar-refractivity contribution in [3.05, 3.63) is 83.0 Å². The number of carbonyl (C=O) groups excluding carboxylic acids is 1. The normalized spacial score (nSPS) is 14.7. The van der Waals surface area contributed by atoms with Crippen LogP contribution in [0.15, 0.2) is 71.0 Å². The molecular weight excluding hydrogens is 521 g/mol. The lowest BCUT2D eigenvalue weighted by atomic mass is 10.0. The summed E-state index contributed by atoms with van der Waals surface area (Å²) >= 11 is 1.66. The maximum atomic E-state index is 13.4. The number of carbonyl (C=O) groups is 1. The number of amidine groups is 1. The number of hydrogen-bond donors (Lipinski definition) is 1. The van der Waals surface area contributed by atoms with Gasteiger partial charge in [-0.2, -0.15) is 0 Å². The van der Waals surface area contributed by atoms with Crippen molar-refractivity contribution in [2.24, 2.45) is 4.99 Å². The Hall–Kier alpha value is -3.00. The summed E-state index contributed by atoms with van der Waals surface area (Å²) in [5, 5.41) is 4.02. The minimum absolute atomic E-state index is 0.117. The number of nitrogens with zero attached hydrogens (tertiary/aromatic N) is 4. The van der Waals surface area contributed by atoms with E-state index in [0.29, 0.717) is 25.1 Å². The highest BCUT2D eigenvalue weighted by molar-refractivity contribution is 8.13. The van der Waals surface area contributed by atoms with Gasteiger partial charge in [0.2, 0.25) is 5.91 Å². The van der Waals surface area contributed by atoms with Crippen molar-refractivity contribution in [3.8, 4) is 0 Å². The van der Waals surface area contributed by atoms with E-state index in [1.807, 2.05) is 24.5 Å². The molecule has 6 nitrogen and oxygen atoms in total. The first-order valence-electron chi connectivity index (χ1n) is 14.8. The van der Waals surface area contributed by atoms with E-state index in [9.17, 15) is 9.18 Å². The Morgan fingerprint density at radius 2 is 1.70 bits per heavy atom. The molecule has 40 heavy (non-hydrogen) atoms. The molecule has 8 heteroatoms. The minimum Gasteiger partial charge on any atom is -0.356 e. The van der Waals surface area contributed by atoms with Gasteiger partial charge in [-0.1, -0.05) is 69.3 Å². The lowest BCUT2D eigenvalue weighted by Crippen LogP contribution is -2.30. The monoisotopic (exact) mass is 563 g/mol. The lowest BCUT2D eigenvalue weighted by molar-refractivity contribution is -0.121. The maximum absolute atomic E-state index is 13.4. The number of halogens is 1. The number of aromatic nitrogens is 2. The summed E-state index contributed by atoms with van der Waals surface area (Å²) < 4.78 is 13.4. The SMILES string of the molecule is CCCCCCCCCNC(=O)CCCN1C=C(Cc2cncnc2)C(=C2CC2)N=C1SCc1ccc(F)cc1. The molecule has 0 atom stereocenters. The van der Waals surface area contributed by atoms with Crippen LogP contribution in [0.3, 0.4) is 0 Å². The number of allylic oxidation sites excluding steroid dienone is 2. The number of thioether (sulfide) groups is 1. The smallest absolute Gasteiger partial charge is 0.220 e. The Balaban J connectivity index is 1.33. The molecule has 4 rings (SSSR count). The van der Waals surface area contributed by atoms with E-state index in [1.54, 1.807) is 18.1 Å². The third-order valence-corrected chi connectivity index (χ3v) is 8.16. The number of benzene rings is 1. The lowest BCUT2D eigenvalue weighted by Gasteiger charge is -2.28. The van der Waals surface area contributed by atoms with Gasteiger partial charge >= 0.3 is 0 Å². The van der Waals surface area contributed by atoms with E-state index in [-0.39, 0.29) is 11.7 Å². The predicted molar refractivity (Wildman–Crippen MR) is 162 cm³/mol. The largest absolute Gasteiger partial charge is 0.356 e. The van der Waals surface area contributed by atoms with Crippen LogP contribution in [0.5, 0.6) is 0 Å². The number of nitrogens with one attached hydrogen (secondary N) is 1. The van der Waals surface area contributed by atoms with Gasteiger partial charge in [0, 0.05) is 50.3 Å². The van der Waals surface area contributed by atoms with Crippen LogP contribution in [0.25, 0.3) is 0 Å². The molecule has 1 aliphatic carbocycles. The fourth-order valence-electron chi connectivity index (χ4n) is 4.72. The molecule has 1 aromatic heterocycles. The zero-order valence-corrected chi connectivity index (χ0v) is 24.5. The average molecular weight is 564 g/mol. The number of amides is 1. The molecule has 2 aromatic rings. The Morgan fingerprint density at radius 1 is 0.975 bits per heavy atom. The Morgan fingerprint density at radius 3 is 2.42 bits per heavy atom. The number of rotatable bonds is 16. The molecule has 0 saturated heterocycles. The summed E-state index contributed by atoms with van der Waals surface area (Å²) in [6.07, 6.45) is 20.3. The zero-order valence-electron chi connectivity index (χ0n) is 23.7. The van der Waals surface area contributed by atoms with Crippen LogP contribution in [-0.2, 0) is 17.0 Å². The van der Waals surface area contributed by atoms with Crippen LogP contribution in [0, 0.1) is 5.82 Å². The zero-order chi connectivity index (χ0) is 28.0. The maximum Gasteiger partial charge on any atom is 0.220 e. The molecule has 1 amide bonds. The second-order valence-electron chi connectivity index (χ2n) is 10.6. The van der Waals surface area contributed by atoms with Crippen LogP contribution < -0.4 is 5.32 Å². The molecule has 0 spiro atoms. The van der Waals surface area contributed by atoms with Gasteiger partial charge in [0.15, 0.2) is 5.17 Å². The van der Waals surface area contributed by atoms with Crippen molar-refractivity contribution in [2.75, 3.05) is 13.1 Å². The average Bonchev–Trinajstić information content (AvgIpc) is 3.81. The summed E-state index contributed by atoms with van der Waals surface area (Å²) in [6, 6.07) is 6.64. The fraction of sp³-hybridized carbons (Fsp3) is 0.500. The first-order chi connectivity index (χ1) is 19.6. The molecule has 1 saturated carbocycles. The van der Waals surface area contributed by atoms with Crippen molar-refractivity contribution < 1.29 is 9.18 Å². The Labute approximate surface area is 242 Å². The summed E-state index contributed by atoms with van der Waals surface area (Å²) in [5.41, 5.74) is 5.73. The molecule has 0 radical (unpaired) electrons. The highest BCUT2D eigenvalue weighted by atomic mass is 32.2. The van der Waals surface area contributed by atoms with Crippen molar-refractivity contribution in [1.82, 2.24) is 20.2 Å². The Kier molecular flexibility index (Phi) is 12.2. The predicted octanol–water partition coefficient (Wildman–Crippen LogP) is 7.34. The molecule has 1 aliphatic heterocycles. The van der Waals surface area contributed by atoms with Crippen LogP contribution in [0.2, 0.25) is 0 Å². The highest BCUT2D eigenvalue weighted by Crippen LogP contribution is 2.39. The third kappa shape index (κ3) is 10.2. The Bertz CT molecular complexity index is 1170. The van der Waals surface area contributed by atoms with Gasteiger partial charge in [-0.25, -0.2) is 19.4 Å².